The van der Waals surface area contributed by atoms with Crippen LogP contribution in [0.3, 0.4) is 0 Å². The van der Waals surface area contributed by atoms with Crippen LogP contribution in [0, 0.1) is 0 Å². The number of amides is 1. The van der Waals surface area contributed by atoms with E-state index in [4.69, 9.17) is 28.4 Å². The van der Waals surface area contributed by atoms with Gasteiger partial charge in [0.2, 0.25) is 12.2 Å². The van der Waals surface area contributed by atoms with Gasteiger partial charge in [0, 0.05) is 12.5 Å². The van der Waals surface area contributed by atoms with Gasteiger partial charge in [0.15, 0.2) is 6.29 Å². The molecule has 2 aliphatic rings. The minimum absolute atomic E-state index is 0.188. The Morgan fingerprint density at radius 1 is 0.969 bits per heavy atom. The van der Waals surface area contributed by atoms with E-state index >= 15 is 0 Å². The molecule has 0 spiro atoms. The molecule has 172 valence electrons. The summed E-state index contributed by atoms with van der Waals surface area (Å²) < 4.78 is 34.2. The number of rotatable bonds is 6. The Balaban J connectivity index is 1.50. The molecule has 2 N–H and O–H groups in total. The van der Waals surface area contributed by atoms with Gasteiger partial charge in [-0.15, -0.1) is 0 Å². The van der Waals surface area contributed by atoms with Gasteiger partial charge in [0.1, 0.15) is 41.6 Å². The van der Waals surface area contributed by atoms with Crippen LogP contribution in [0.5, 0.6) is 17.2 Å². The predicted octanol–water partition coefficient (Wildman–Crippen LogP) is 1.79. The Morgan fingerprint density at radius 3 is 2.16 bits per heavy atom. The van der Waals surface area contributed by atoms with E-state index in [1.165, 1.54) is 6.92 Å². The first-order valence-corrected chi connectivity index (χ1v) is 10.3. The molecule has 1 amide bonds. The molecule has 32 heavy (non-hydrogen) atoms. The van der Waals surface area contributed by atoms with Gasteiger partial charge in [-0.3, -0.25) is 4.79 Å². The Kier molecular flexibility index (Phi) is 6.80. The second-order valence-electron chi connectivity index (χ2n) is 7.59. The monoisotopic (exact) mass is 445 g/mol. The standard InChI is InChI=1S/C23H27NO8/c1-13(25)24-19-20(26)21-18(31-23(19)30-17-10-8-16(28-3)9-11-17)12-29-22(32-21)14-4-6-15(27-2)7-5-14/h4-11,18-23,26H,12H2,1-3H3,(H,24,25)/t18-,19-,20-,21+,22+,23-/m1/s1. The maximum Gasteiger partial charge on any atom is 0.223 e. The fourth-order valence-corrected chi connectivity index (χ4v) is 3.80. The predicted molar refractivity (Wildman–Crippen MR) is 112 cm³/mol. The molecule has 2 fully saturated rings. The van der Waals surface area contributed by atoms with E-state index in [0.29, 0.717) is 17.2 Å². The van der Waals surface area contributed by atoms with E-state index in [1.54, 1.807) is 50.6 Å². The van der Waals surface area contributed by atoms with E-state index in [0.717, 1.165) is 5.56 Å². The molecule has 0 saturated carbocycles. The van der Waals surface area contributed by atoms with Crippen molar-refractivity contribution in [2.45, 2.75) is 43.9 Å². The Hall–Kier alpha value is -2.85. The number of carbonyl (C=O) groups excluding carboxylic acids is 1. The van der Waals surface area contributed by atoms with Crippen LogP contribution in [-0.2, 0) is 19.0 Å². The molecule has 0 unspecified atom stereocenters. The third-order valence-corrected chi connectivity index (χ3v) is 5.44. The highest BCUT2D eigenvalue weighted by molar-refractivity contribution is 5.73. The van der Waals surface area contributed by atoms with Crippen LogP contribution < -0.4 is 19.5 Å². The largest absolute Gasteiger partial charge is 0.497 e. The number of hydrogen-bond donors (Lipinski definition) is 2. The molecule has 9 nitrogen and oxygen atoms in total. The zero-order valence-electron chi connectivity index (χ0n) is 18.1. The van der Waals surface area contributed by atoms with Gasteiger partial charge >= 0.3 is 0 Å². The molecule has 2 aliphatic heterocycles. The molecule has 2 aromatic rings. The number of aliphatic hydroxyl groups is 1. The third kappa shape index (κ3) is 4.81. The molecule has 6 atom stereocenters. The summed E-state index contributed by atoms with van der Waals surface area (Å²) in [4.78, 5) is 11.8. The molecule has 0 aliphatic carbocycles. The van der Waals surface area contributed by atoms with Gasteiger partial charge in [0.05, 0.1) is 20.8 Å². The van der Waals surface area contributed by atoms with Crippen LogP contribution in [0.15, 0.2) is 48.5 Å². The molecule has 9 heteroatoms. The number of nitrogens with one attached hydrogen (secondary N) is 1. The molecule has 2 heterocycles. The summed E-state index contributed by atoms with van der Waals surface area (Å²) in [6.45, 7) is 1.56. The van der Waals surface area contributed by atoms with Crippen molar-refractivity contribution in [2.24, 2.45) is 0 Å². The first-order chi connectivity index (χ1) is 15.5. The second kappa shape index (κ2) is 9.74. The Labute approximate surface area is 186 Å². The topological polar surface area (TPSA) is 105 Å². The number of fused-ring (bicyclic) bond motifs is 1. The lowest BCUT2D eigenvalue weighted by molar-refractivity contribution is -0.333. The quantitative estimate of drug-likeness (QED) is 0.694. The summed E-state index contributed by atoms with van der Waals surface area (Å²) in [6.07, 6.45) is -3.99. The number of carbonyl (C=O) groups is 1. The SMILES string of the molecule is COc1ccc(O[C@@H]2O[C@@H]3CO[C@H](c4ccc(OC)cc4)O[C@@H]3[C@H](O)[C@H]2NC(C)=O)cc1. The summed E-state index contributed by atoms with van der Waals surface area (Å²) in [5.41, 5.74) is 0.782. The number of hydrogen-bond acceptors (Lipinski definition) is 8. The van der Waals surface area contributed by atoms with Crippen molar-refractivity contribution >= 4 is 5.91 Å². The van der Waals surface area contributed by atoms with Crippen molar-refractivity contribution in [3.05, 3.63) is 54.1 Å². The van der Waals surface area contributed by atoms with Gasteiger partial charge in [-0.25, -0.2) is 0 Å². The van der Waals surface area contributed by atoms with E-state index in [9.17, 15) is 9.90 Å². The lowest BCUT2D eigenvalue weighted by Gasteiger charge is -2.47. The van der Waals surface area contributed by atoms with Gasteiger partial charge in [-0.05, 0) is 36.4 Å². The summed E-state index contributed by atoms with van der Waals surface area (Å²) in [5.74, 6) is 1.58. The van der Waals surface area contributed by atoms with Crippen molar-refractivity contribution in [3.63, 3.8) is 0 Å². The molecule has 0 aromatic heterocycles. The fraction of sp³-hybridized carbons (Fsp3) is 0.435. The minimum atomic E-state index is -1.08. The summed E-state index contributed by atoms with van der Waals surface area (Å²) in [7, 11) is 3.17. The van der Waals surface area contributed by atoms with Crippen LogP contribution in [0.2, 0.25) is 0 Å². The molecule has 0 radical (unpaired) electrons. The van der Waals surface area contributed by atoms with Gasteiger partial charge in [0.25, 0.3) is 0 Å². The summed E-state index contributed by atoms with van der Waals surface area (Å²) in [5, 5.41) is 13.8. The number of benzene rings is 2. The van der Waals surface area contributed by atoms with E-state index < -0.39 is 36.9 Å². The van der Waals surface area contributed by atoms with Crippen molar-refractivity contribution in [1.29, 1.82) is 0 Å². The average molecular weight is 445 g/mol. The van der Waals surface area contributed by atoms with Crippen LogP contribution in [0.25, 0.3) is 0 Å². The van der Waals surface area contributed by atoms with Crippen molar-refractivity contribution in [3.8, 4) is 17.2 Å². The first kappa shape index (κ1) is 22.3. The van der Waals surface area contributed by atoms with Crippen LogP contribution >= 0.6 is 0 Å². The second-order valence-corrected chi connectivity index (χ2v) is 7.59. The van der Waals surface area contributed by atoms with Crippen LogP contribution in [-0.4, -0.2) is 62.5 Å². The number of methoxy groups -OCH3 is 2. The molecular formula is C23H27NO8. The summed E-state index contributed by atoms with van der Waals surface area (Å²) >= 11 is 0. The maximum atomic E-state index is 11.8. The normalized spacial score (nSPS) is 29.5. The van der Waals surface area contributed by atoms with Gasteiger partial charge in [-0.2, -0.15) is 0 Å². The Bertz CT molecular complexity index is 903. The van der Waals surface area contributed by atoms with E-state index in [-0.39, 0.29) is 12.5 Å². The number of aliphatic hydroxyl groups excluding tert-OH is 1. The third-order valence-electron chi connectivity index (χ3n) is 5.44. The highest BCUT2D eigenvalue weighted by atomic mass is 16.7. The minimum Gasteiger partial charge on any atom is -0.497 e. The zero-order valence-corrected chi connectivity index (χ0v) is 18.1. The molecule has 2 saturated heterocycles. The van der Waals surface area contributed by atoms with Crippen LogP contribution in [0.4, 0.5) is 0 Å². The zero-order chi connectivity index (χ0) is 22.7. The molecule has 0 bridgehead atoms. The van der Waals surface area contributed by atoms with Crippen molar-refractivity contribution in [1.82, 2.24) is 5.32 Å². The lowest BCUT2D eigenvalue weighted by Crippen LogP contribution is -2.67. The lowest BCUT2D eigenvalue weighted by atomic mass is 9.95. The van der Waals surface area contributed by atoms with Crippen molar-refractivity contribution < 1.29 is 38.3 Å². The maximum absolute atomic E-state index is 11.8. The smallest absolute Gasteiger partial charge is 0.223 e. The first-order valence-electron chi connectivity index (χ1n) is 10.3. The summed E-state index contributed by atoms with van der Waals surface area (Å²) in [6, 6.07) is 13.4. The van der Waals surface area contributed by atoms with Crippen LogP contribution in [0.1, 0.15) is 18.8 Å². The van der Waals surface area contributed by atoms with E-state index in [2.05, 4.69) is 5.32 Å². The highest BCUT2D eigenvalue weighted by Gasteiger charge is 2.50. The molecule has 2 aromatic carbocycles. The van der Waals surface area contributed by atoms with Gasteiger partial charge in [-0.1, -0.05) is 12.1 Å². The molecule has 4 rings (SSSR count). The van der Waals surface area contributed by atoms with E-state index in [1.807, 2.05) is 12.1 Å². The van der Waals surface area contributed by atoms with Gasteiger partial charge < -0.3 is 38.8 Å². The Morgan fingerprint density at radius 2 is 1.56 bits per heavy atom. The fourth-order valence-electron chi connectivity index (χ4n) is 3.80. The highest BCUT2D eigenvalue weighted by Crippen LogP contribution is 2.35. The molecular weight excluding hydrogens is 418 g/mol. The number of ether oxygens (including phenoxy) is 6. The van der Waals surface area contributed by atoms with Crippen molar-refractivity contribution in [2.75, 3.05) is 20.8 Å². The average Bonchev–Trinajstić information content (AvgIpc) is 2.82.